The van der Waals surface area contributed by atoms with E-state index in [1.165, 1.54) is 5.56 Å². The minimum absolute atomic E-state index is 0.0481. The number of rotatable bonds is 2. The number of benzene rings is 1. The molecular formula is C16H14BrNOS. The fourth-order valence-corrected chi connectivity index (χ4v) is 3.88. The quantitative estimate of drug-likeness (QED) is 0.732. The van der Waals surface area contributed by atoms with Gasteiger partial charge >= 0.3 is 0 Å². The molecule has 1 unspecified atom stereocenters. The van der Waals surface area contributed by atoms with E-state index in [4.69, 9.17) is 0 Å². The first kappa shape index (κ1) is 13.6. The zero-order chi connectivity index (χ0) is 14.1. The highest BCUT2D eigenvalue weighted by Crippen LogP contribution is 2.32. The van der Waals surface area contributed by atoms with E-state index in [1.54, 1.807) is 17.4 Å². The summed E-state index contributed by atoms with van der Waals surface area (Å²) in [6.07, 6.45) is 4.47. The number of hydrogen-bond acceptors (Lipinski definition) is 2. The van der Waals surface area contributed by atoms with Crippen LogP contribution < -0.4 is 4.90 Å². The van der Waals surface area contributed by atoms with Crippen molar-refractivity contribution in [1.82, 2.24) is 0 Å². The van der Waals surface area contributed by atoms with Gasteiger partial charge in [-0.2, -0.15) is 0 Å². The molecule has 0 aliphatic carbocycles. The molecule has 3 rings (SSSR count). The van der Waals surface area contributed by atoms with Crippen molar-refractivity contribution in [2.75, 3.05) is 4.90 Å². The van der Waals surface area contributed by atoms with Gasteiger partial charge in [0, 0.05) is 22.7 Å². The number of halogens is 1. The molecule has 0 radical (unpaired) electrons. The summed E-state index contributed by atoms with van der Waals surface area (Å²) in [6.45, 7) is 2.09. The van der Waals surface area contributed by atoms with Crippen molar-refractivity contribution in [1.29, 1.82) is 0 Å². The summed E-state index contributed by atoms with van der Waals surface area (Å²) in [7, 11) is 0. The van der Waals surface area contributed by atoms with Crippen molar-refractivity contribution in [3.63, 3.8) is 0 Å². The first-order valence-corrected chi connectivity index (χ1v) is 8.10. The van der Waals surface area contributed by atoms with E-state index >= 15 is 0 Å². The molecule has 2 nitrogen and oxygen atoms in total. The van der Waals surface area contributed by atoms with Crippen LogP contribution in [0.2, 0.25) is 0 Å². The summed E-state index contributed by atoms with van der Waals surface area (Å²) in [5.41, 5.74) is 2.29. The molecule has 0 saturated carbocycles. The van der Waals surface area contributed by atoms with E-state index in [9.17, 15) is 4.79 Å². The van der Waals surface area contributed by atoms with Crippen molar-refractivity contribution < 1.29 is 4.79 Å². The van der Waals surface area contributed by atoms with Gasteiger partial charge in [-0.15, -0.1) is 11.3 Å². The number of carbonyl (C=O) groups is 1. The molecule has 1 aliphatic rings. The number of carbonyl (C=O) groups excluding carboxylic acids is 1. The van der Waals surface area contributed by atoms with Gasteiger partial charge in [0.15, 0.2) is 0 Å². The van der Waals surface area contributed by atoms with Crippen LogP contribution in [0, 0.1) is 0 Å². The van der Waals surface area contributed by atoms with E-state index in [-0.39, 0.29) is 11.9 Å². The predicted molar refractivity (Wildman–Crippen MR) is 88.1 cm³/mol. The summed E-state index contributed by atoms with van der Waals surface area (Å²) >= 11 is 5.04. The van der Waals surface area contributed by atoms with E-state index in [0.717, 1.165) is 20.8 Å². The Kier molecular flexibility index (Phi) is 3.76. The van der Waals surface area contributed by atoms with Gasteiger partial charge in [-0.05, 0) is 59.1 Å². The Morgan fingerprint density at radius 3 is 2.90 bits per heavy atom. The second-order valence-corrected chi connectivity index (χ2v) is 7.36. The lowest BCUT2D eigenvalue weighted by molar-refractivity contribution is -0.114. The summed E-state index contributed by atoms with van der Waals surface area (Å²) < 4.78 is 1.07. The predicted octanol–water partition coefficient (Wildman–Crippen LogP) is 4.50. The molecule has 0 fully saturated rings. The van der Waals surface area contributed by atoms with Crippen LogP contribution in [0.3, 0.4) is 0 Å². The molecule has 1 aromatic heterocycles. The highest BCUT2D eigenvalue weighted by Gasteiger charge is 2.29. The molecule has 0 spiro atoms. The van der Waals surface area contributed by atoms with Gasteiger partial charge in [0.05, 0.1) is 3.79 Å². The molecule has 0 N–H and O–H groups in total. The Hall–Kier alpha value is -1.39. The Labute approximate surface area is 130 Å². The molecule has 2 heterocycles. The smallest absolute Gasteiger partial charge is 0.251 e. The lowest BCUT2D eigenvalue weighted by Crippen LogP contribution is -2.34. The maximum atomic E-state index is 12.4. The van der Waals surface area contributed by atoms with Crippen molar-refractivity contribution >= 4 is 44.9 Å². The fraction of sp³-hybridized carbons (Fsp3) is 0.188. The second-order valence-electron chi connectivity index (χ2n) is 4.87. The highest BCUT2D eigenvalue weighted by molar-refractivity contribution is 9.11. The summed E-state index contributed by atoms with van der Waals surface area (Å²) in [4.78, 5) is 15.4. The number of para-hydroxylation sites is 1. The number of anilines is 1. The van der Waals surface area contributed by atoms with Gasteiger partial charge in [0.25, 0.3) is 5.91 Å². The van der Waals surface area contributed by atoms with Crippen molar-refractivity contribution in [3.8, 4) is 0 Å². The zero-order valence-electron chi connectivity index (χ0n) is 11.0. The SMILES string of the molecule is CC1Cc2ccccc2N1C(=O)/C=C/c1ccc(Br)s1. The molecule has 20 heavy (non-hydrogen) atoms. The third kappa shape index (κ3) is 2.58. The van der Waals surface area contributed by atoms with E-state index < -0.39 is 0 Å². The van der Waals surface area contributed by atoms with Crippen LogP contribution in [0.15, 0.2) is 46.3 Å². The second kappa shape index (κ2) is 5.54. The van der Waals surface area contributed by atoms with Gasteiger partial charge in [-0.3, -0.25) is 4.79 Å². The Bertz CT molecular complexity index is 677. The number of amides is 1. The van der Waals surface area contributed by atoms with Gasteiger partial charge < -0.3 is 4.90 Å². The molecule has 1 amide bonds. The minimum Gasteiger partial charge on any atom is -0.305 e. The molecule has 102 valence electrons. The lowest BCUT2D eigenvalue weighted by atomic mass is 10.1. The number of fused-ring (bicyclic) bond motifs is 1. The first-order valence-electron chi connectivity index (χ1n) is 6.49. The molecule has 1 atom stereocenters. The number of hydrogen-bond donors (Lipinski definition) is 0. The van der Waals surface area contributed by atoms with Gasteiger partial charge in [-0.25, -0.2) is 0 Å². The maximum Gasteiger partial charge on any atom is 0.251 e. The summed E-state index contributed by atoms with van der Waals surface area (Å²) in [6, 6.07) is 12.3. The average molecular weight is 348 g/mol. The standard InChI is InChI=1S/C16H14BrNOS/c1-11-10-12-4-2-3-5-14(12)18(11)16(19)9-7-13-6-8-15(17)20-13/h2-9,11H,10H2,1H3/b9-7+. The highest BCUT2D eigenvalue weighted by atomic mass is 79.9. The zero-order valence-corrected chi connectivity index (χ0v) is 13.4. The summed E-state index contributed by atoms with van der Waals surface area (Å²) in [5, 5.41) is 0. The number of thiophene rings is 1. The van der Waals surface area contributed by atoms with E-state index in [1.807, 2.05) is 41.3 Å². The summed E-state index contributed by atoms with van der Waals surface area (Å²) in [5.74, 6) is 0.0481. The van der Waals surface area contributed by atoms with Gasteiger partial charge in [0.1, 0.15) is 0 Å². The Balaban J connectivity index is 1.82. The van der Waals surface area contributed by atoms with Gasteiger partial charge in [-0.1, -0.05) is 18.2 Å². The van der Waals surface area contributed by atoms with Gasteiger partial charge in [0.2, 0.25) is 0 Å². The third-order valence-corrected chi connectivity index (χ3v) is 5.02. The maximum absolute atomic E-state index is 12.4. The molecule has 1 aliphatic heterocycles. The van der Waals surface area contributed by atoms with Crippen LogP contribution in [-0.4, -0.2) is 11.9 Å². The lowest BCUT2D eigenvalue weighted by Gasteiger charge is -2.20. The molecule has 4 heteroatoms. The van der Waals surface area contributed by atoms with Crippen molar-refractivity contribution in [2.45, 2.75) is 19.4 Å². The Morgan fingerprint density at radius 1 is 1.35 bits per heavy atom. The average Bonchev–Trinajstić information content (AvgIpc) is 2.98. The number of nitrogens with zero attached hydrogens (tertiary/aromatic N) is 1. The topological polar surface area (TPSA) is 20.3 Å². The molecule has 0 saturated heterocycles. The van der Waals surface area contributed by atoms with Crippen LogP contribution in [0.5, 0.6) is 0 Å². The largest absolute Gasteiger partial charge is 0.305 e. The molecule has 2 aromatic rings. The Morgan fingerprint density at radius 2 is 2.15 bits per heavy atom. The molecule has 1 aromatic carbocycles. The van der Waals surface area contributed by atoms with Crippen LogP contribution in [0.25, 0.3) is 6.08 Å². The fourth-order valence-electron chi connectivity index (χ4n) is 2.55. The first-order chi connectivity index (χ1) is 9.65. The molecule has 0 bridgehead atoms. The van der Waals surface area contributed by atoms with E-state index in [2.05, 4.69) is 28.9 Å². The normalized spacial score (nSPS) is 17.7. The van der Waals surface area contributed by atoms with Crippen LogP contribution in [-0.2, 0) is 11.2 Å². The monoisotopic (exact) mass is 347 g/mol. The van der Waals surface area contributed by atoms with Crippen molar-refractivity contribution in [2.24, 2.45) is 0 Å². The van der Waals surface area contributed by atoms with E-state index in [0.29, 0.717) is 0 Å². The minimum atomic E-state index is 0.0481. The van der Waals surface area contributed by atoms with Crippen LogP contribution in [0.4, 0.5) is 5.69 Å². The van der Waals surface area contributed by atoms with Crippen LogP contribution >= 0.6 is 27.3 Å². The van der Waals surface area contributed by atoms with Crippen LogP contribution in [0.1, 0.15) is 17.4 Å². The third-order valence-electron chi connectivity index (χ3n) is 3.43. The molecular weight excluding hydrogens is 334 g/mol. The van der Waals surface area contributed by atoms with Crippen molar-refractivity contribution in [3.05, 3.63) is 56.7 Å².